The van der Waals surface area contributed by atoms with Gasteiger partial charge in [0.15, 0.2) is 0 Å². The Morgan fingerprint density at radius 1 is 1.11 bits per heavy atom. The number of rotatable bonds is 8. The number of sulfonamides is 1. The van der Waals surface area contributed by atoms with Crippen molar-refractivity contribution in [1.29, 1.82) is 0 Å². The van der Waals surface area contributed by atoms with Crippen LogP contribution in [0.25, 0.3) is 0 Å². The number of carbonyl (C=O) groups excluding carboxylic acids is 1. The van der Waals surface area contributed by atoms with Gasteiger partial charge in [-0.1, -0.05) is 12.2 Å². The van der Waals surface area contributed by atoms with Crippen LogP contribution in [0.3, 0.4) is 0 Å². The zero-order valence-corrected chi connectivity index (χ0v) is 17.3. The number of hydrogen-bond acceptors (Lipinski definition) is 4. The molecule has 0 radical (unpaired) electrons. The number of benzene rings is 1. The third-order valence-electron chi connectivity index (χ3n) is 4.50. The molecule has 150 valence electrons. The van der Waals surface area contributed by atoms with Gasteiger partial charge in [-0.25, -0.2) is 13.1 Å². The minimum Gasteiger partial charge on any atom is -0.367 e. The van der Waals surface area contributed by atoms with E-state index in [2.05, 4.69) is 27.1 Å². The average molecular weight is 394 g/mol. The van der Waals surface area contributed by atoms with Crippen molar-refractivity contribution in [1.82, 2.24) is 4.72 Å². The summed E-state index contributed by atoms with van der Waals surface area (Å²) in [5.41, 5.74) is 1.94. The monoisotopic (exact) mass is 393 g/mol. The Morgan fingerprint density at radius 2 is 1.81 bits per heavy atom. The summed E-state index contributed by atoms with van der Waals surface area (Å²) < 4.78 is 25.6. The van der Waals surface area contributed by atoms with Gasteiger partial charge < -0.3 is 10.2 Å². The fourth-order valence-electron chi connectivity index (χ4n) is 2.69. The molecule has 0 atom stereocenters. The fourth-order valence-corrected chi connectivity index (χ4v) is 3.53. The number of hydrogen-bond donors (Lipinski definition) is 2. The summed E-state index contributed by atoms with van der Waals surface area (Å²) in [7, 11) is -3.32. The van der Waals surface area contributed by atoms with E-state index in [4.69, 9.17) is 0 Å². The van der Waals surface area contributed by atoms with Crippen molar-refractivity contribution in [3.8, 4) is 0 Å². The molecule has 0 aromatic heterocycles. The van der Waals surface area contributed by atoms with Crippen molar-refractivity contribution in [3.63, 3.8) is 0 Å². The Balaban J connectivity index is 1.69. The van der Waals surface area contributed by atoms with E-state index in [9.17, 15) is 13.2 Å². The predicted octanol–water partition coefficient (Wildman–Crippen LogP) is 3.28. The molecule has 0 bridgehead atoms. The molecular formula is C20H31N3O3S. The molecule has 2 N–H and O–H groups in total. The zero-order chi connectivity index (χ0) is 19.9. The minimum atomic E-state index is -3.32. The van der Waals surface area contributed by atoms with Gasteiger partial charge in [0.25, 0.3) is 0 Å². The fraction of sp³-hybridized carbons (Fsp3) is 0.550. The summed E-state index contributed by atoms with van der Waals surface area (Å²) >= 11 is 0. The summed E-state index contributed by atoms with van der Waals surface area (Å²) in [6.45, 7) is 7.28. The highest BCUT2D eigenvalue weighted by atomic mass is 32.2. The second kappa shape index (κ2) is 9.37. The van der Waals surface area contributed by atoms with Gasteiger partial charge in [-0.2, -0.15) is 0 Å². The maximum absolute atomic E-state index is 12.0. The lowest BCUT2D eigenvalue weighted by molar-refractivity contribution is -0.116. The molecule has 6 nitrogen and oxygen atoms in total. The van der Waals surface area contributed by atoms with Gasteiger partial charge in [-0.05, 0) is 64.3 Å². The molecule has 0 spiro atoms. The van der Waals surface area contributed by atoms with Gasteiger partial charge in [0.2, 0.25) is 15.9 Å². The van der Waals surface area contributed by atoms with Crippen LogP contribution in [0.5, 0.6) is 0 Å². The van der Waals surface area contributed by atoms with E-state index < -0.39 is 14.8 Å². The van der Waals surface area contributed by atoms with Gasteiger partial charge in [-0.15, -0.1) is 0 Å². The highest BCUT2D eigenvalue weighted by Gasteiger charge is 2.27. The smallest absolute Gasteiger partial charge is 0.224 e. The van der Waals surface area contributed by atoms with Crippen LogP contribution in [-0.2, 0) is 14.8 Å². The average Bonchev–Trinajstić information content (AvgIpc) is 2.62. The second-order valence-corrected chi connectivity index (χ2v) is 10.3. The van der Waals surface area contributed by atoms with Crippen molar-refractivity contribution in [2.24, 2.45) is 0 Å². The second-order valence-electron chi connectivity index (χ2n) is 7.77. The van der Waals surface area contributed by atoms with Crippen LogP contribution < -0.4 is 14.9 Å². The van der Waals surface area contributed by atoms with Crippen LogP contribution in [0.1, 0.15) is 46.5 Å². The summed E-state index contributed by atoms with van der Waals surface area (Å²) in [6.07, 6.45) is 7.06. The van der Waals surface area contributed by atoms with E-state index >= 15 is 0 Å². The Kier molecular flexibility index (Phi) is 7.44. The van der Waals surface area contributed by atoms with Crippen LogP contribution in [0.15, 0.2) is 36.4 Å². The highest BCUT2D eigenvalue weighted by Crippen LogP contribution is 2.20. The number of carbonyl (C=O) groups is 1. The van der Waals surface area contributed by atoms with E-state index in [1.165, 1.54) is 0 Å². The van der Waals surface area contributed by atoms with Crippen LogP contribution >= 0.6 is 0 Å². The first-order valence-electron chi connectivity index (χ1n) is 9.48. The van der Waals surface area contributed by atoms with E-state index in [1.54, 1.807) is 20.8 Å². The Morgan fingerprint density at radius 3 is 2.41 bits per heavy atom. The summed E-state index contributed by atoms with van der Waals surface area (Å²) in [6, 6.07) is 7.89. The first-order chi connectivity index (χ1) is 12.7. The molecule has 0 unspecified atom stereocenters. The maximum atomic E-state index is 12.0. The van der Waals surface area contributed by atoms with Gasteiger partial charge in [-0.3, -0.25) is 4.79 Å². The molecule has 0 saturated heterocycles. The van der Waals surface area contributed by atoms with Gasteiger partial charge in [0, 0.05) is 37.4 Å². The minimum absolute atomic E-state index is 0.0534. The summed E-state index contributed by atoms with van der Waals surface area (Å²) in [5, 5.41) is 2.89. The van der Waals surface area contributed by atoms with E-state index in [-0.39, 0.29) is 5.91 Å². The van der Waals surface area contributed by atoms with Crippen LogP contribution in [-0.4, -0.2) is 38.7 Å². The highest BCUT2D eigenvalue weighted by molar-refractivity contribution is 7.90. The van der Waals surface area contributed by atoms with Crippen LogP contribution in [0.2, 0.25) is 0 Å². The Bertz CT molecular complexity index is 750. The van der Waals surface area contributed by atoms with Crippen molar-refractivity contribution in [2.45, 2.75) is 51.2 Å². The van der Waals surface area contributed by atoms with E-state index in [0.29, 0.717) is 25.8 Å². The normalized spacial score (nSPS) is 15.0. The number of amides is 1. The molecule has 0 aliphatic carbocycles. The van der Waals surface area contributed by atoms with Gasteiger partial charge in [0.1, 0.15) is 0 Å². The Labute approximate surface area is 163 Å². The number of anilines is 2. The van der Waals surface area contributed by atoms with E-state index in [0.717, 1.165) is 30.9 Å². The molecule has 0 saturated carbocycles. The molecule has 1 amide bonds. The maximum Gasteiger partial charge on any atom is 0.224 e. The Hall–Kier alpha value is -1.86. The van der Waals surface area contributed by atoms with Gasteiger partial charge in [0.05, 0.1) is 4.75 Å². The SMILES string of the molecule is CC(C)(C)S(=O)(=O)NCCCCC(=O)Nc1ccc(N2CC=CCC2)cc1. The lowest BCUT2D eigenvalue weighted by Gasteiger charge is -2.25. The largest absolute Gasteiger partial charge is 0.367 e. The third kappa shape index (κ3) is 6.66. The molecule has 1 aliphatic rings. The van der Waals surface area contributed by atoms with Crippen molar-refractivity contribution < 1.29 is 13.2 Å². The molecule has 1 aromatic carbocycles. The lowest BCUT2D eigenvalue weighted by atomic mass is 10.2. The van der Waals surface area contributed by atoms with E-state index in [1.807, 2.05) is 24.3 Å². The topological polar surface area (TPSA) is 78.5 Å². The standard InChI is InChI=1S/C20H31N3O3S/c1-20(2,3)27(25,26)21-14-6-5-9-19(24)22-17-10-12-18(13-11-17)23-15-7-4-8-16-23/h4,7,10-13,21H,5-6,8-9,14-16H2,1-3H3,(H,22,24). The number of unbranched alkanes of at least 4 members (excludes halogenated alkanes) is 1. The quantitative estimate of drug-likeness (QED) is 0.525. The molecule has 2 rings (SSSR count). The van der Waals surface area contributed by atoms with Crippen molar-refractivity contribution in [3.05, 3.63) is 36.4 Å². The summed E-state index contributed by atoms with van der Waals surface area (Å²) in [5.74, 6) is -0.0534. The lowest BCUT2D eigenvalue weighted by Crippen LogP contribution is -2.39. The predicted molar refractivity (Wildman–Crippen MR) is 112 cm³/mol. The zero-order valence-electron chi connectivity index (χ0n) is 16.5. The molecule has 1 aliphatic heterocycles. The molecule has 1 heterocycles. The van der Waals surface area contributed by atoms with Crippen molar-refractivity contribution >= 4 is 27.3 Å². The molecular weight excluding hydrogens is 362 g/mol. The van der Waals surface area contributed by atoms with Crippen molar-refractivity contribution in [2.75, 3.05) is 29.9 Å². The van der Waals surface area contributed by atoms with Gasteiger partial charge >= 0.3 is 0 Å². The third-order valence-corrected chi connectivity index (χ3v) is 6.70. The number of nitrogens with one attached hydrogen (secondary N) is 2. The van der Waals surface area contributed by atoms with Crippen LogP contribution in [0.4, 0.5) is 11.4 Å². The number of nitrogens with zero attached hydrogens (tertiary/aromatic N) is 1. The molecule has 1 aromatic rings. The molecule has 27 heavy (non-hydrogen) atoms. The first kappa shape index (κ1) is 21.4. The molecule has 7 heteroatoms. The molecule has 0 fully saturated rings. The first-order valence-corrected chi connectivity index (χ1v) is 11.0. The van der Waals surface area contributed by atoms with Crippen LogP contribution in [0, 0.1) is 0 Å². The summed E-state index contributed by atoms with van der Waals surface area (Å²) in [4.78, 5) is 14.3.